The van der Waals surface area contributed by atoms with Gasteiger partial charge in [-0.2, -0.15) is 0 Å². The molecule has 1 aromatic rings. The quantitative estimate of drug-likeness (QED) is 0.854. The second-order valence-electron chi connectivity index (χ2n) is 5.23. The maximum atomic E-state index is 12.1. The molecule has 0 radical (unpaired) electrons. The van der Waals surface area contributed by atoms with Crippen molar-refractivity contribution in [3.63, 3.8) is 0 Å². The number of likely N-dealkylation sites (tertiary alicyclic amines) is 1. The van der Waals surface area contributed by atoms with Crippen LogP contribution >= 0.6 is 11.6 Å². The van der Waals surface area contributed by atoms with Gasteiger partial charge in [-0.15, -0.1) is 0 Å². The van der Waals surface area contributed by atoms with E-state index in [2.05, 4.69) is 16.8 Å². The van der Waals surface area contributed by atoms with E-state index in [-0.39, 0.29) is 16.8 Å². The van der Waals surface area contributed by atoms with Crippen LogP contribution in [-0.4, -0.2) is 33.6 Å². The van der Waals surface area contributed by atoms with Gasteiger partial charge in [0.15, 0.2) is 0 Å². The van der Waals surface area contributed by atoms with Crippen molar-refractivity contribution in [1.29, 1.82) is 0 Å². The molecule has 0 bridgehead atoms. The SMILES string of the molecule is Cc1c(Cl)[nH]c(=O)n(CC(C)N2CCCCC2)c1=O. The van der Waals surface area contributed by atoms with E-state index in [0.29, 0.717) is 12.1 Å². The molecule has 0 spiro atoms. The van der Waals surface area contributed by atoms with E-state index in [1.165, 1.54) is 23.8 Å². The first-order chi connectivity index (χ1) is 9.00. The Hall–Kier alpha value is -1.07. The van der Waals surface area contributed by atoms with Crippen molar-refractivity contribution >= 4 is 11.6 Å². The van der Waals surface area contributed by atoms with Gasteiger partial charge < -0.3 is 0 Å². The molecule has 1 aliphatic heterocycles. The first-order valence-electron chi connectivity index (χ1n) is 6.74. The van der Waals surface area contributed by atoms with Crippen molar-refractivity contribution in [2.24, 2.45) is 0 Å². The maximum Gasteiger partial charge on any atom is 0.329 e. The Kier molecular flexibility index (Phi) is 4.47. The van der Waals surface area contributed by atoms with Crippen LogP contribution in [0.1, 0.15) is 31.7 Å². The topological polar surface area (TPSA) is 58.1 Å². The highest BCUT2D eigenvalue weighted by Gasteiger charge is 2.19. The predicted molar refractivity (Wildman–Crippen MR) is 76.0 cm³/mol. The van der Waals surface area contributed by atoms with Gasteiger partial charge in [0, 0.05) is 18.2 Å². The minimum Gasteiger partial charge on any atom is -0.299 e. The largest absolute Gasteiger partial charge is 0.329 e. The third-order valence-corrected chi connectivity index (χ3v) is 4.20. The lowest BCUT2D eigenvalue weighted by molar-refractivity contribution is 0.157. The van der Waals surface area contributed by atoms with Crippen LogP contribution in [0.2, 0.25) is 5.15 Å². The second-order valence-corrected chi connectivity index (χ2v) is 5.61. The lowest BCUT2D eigenvalue weighted by Crippen LogP contribution is -2.45. The number of H-pyrrole nitrogens is 1. The Balaban J connectivity index is 2.21. The molecule has 2 rings (SSSR count). The van der Waals surface area contributed by atoms with Crippen LogP contribution < -0.4 is 11.2 Å². The summed E-state index contributed by atoms with van der Waals surface area (Å²) in [7, 11) is 0. The van der Waals surface area contributed by atoms with E-state index in [0.717, 1.165) is 13.1 Å². The maximum absolute atomic E-state index is 12.1. The van der Waals surface area contributed by atoms with Crippen LogP contribution in [0.25, 0.3) is 0 Å². The Morgan fingerprint density at radius 3 is 2.53 bits per heavy atom. The van der Waals surface area contributed by atoms with Crippen LogP contribution in [0.3, 0.4) is 0 Å². The molecule has 1 fully saturated rings. The van der Waals surface area contributed by atoms with Gasteiger partial charge in [-0.25, -0.2) is 4.79 Å². The van der Waals surface area contributed by atoms with Gasteiger partial charge in [-0.3, -0.25) is 19.2 Å². The van der Waals surface area contributed by atoms with E-state index in [1.807, 2.05) is 0 Å². The molecule has 0 aromatic carbocycles. The zero-order valence-corrected chi connectivity index (χ0v) is 12.2. The van der Waals surface area contributed by atoms with Gasteiger partial charge in [-0.1, -0.05) is 18.0 Å². The van der Waals surface area contributed by atoms with Crippen molar-refractivity contribution in [1.82, 2.24) is 14.5 Å². The summed E-state index contributed by atoms with van der Waals surface area (Å²) >= 11 is 5.80. The fourth-order valence-corrected chi connectivity index (χ4v) is 2.71. The number of nitrogens with zero attached hydrogens (tertiary/aromatic N) is 2. The smallest absolute Gasteiger partial charge is 0.299 e. The van der Waals surface area contributed by atoms with Crippen molar-refractivity contribution in [3.8, 4) is 0 Å². The fraction of sp³-hybridized carbons (Fsp3) is 0.692. The van der Waals surface area contributed by atoms with E-state index in [9.17, 15) is 9.59 Å². The summed E-state index contributed by atoms with van der Waals surface area (Å²) in [6.45, 7) is 6.18. The predicted octanol–water partition coefficient (Wildman–Crippen LogP) is 1.37. The Morgan fingerprint density at radius 2 is 1.89 bits per heavy atom. The molecule has 1 aliphatic rings. The molecule has 1 N–H and O–H groups in total. The summed E-state index contributed by atoms with van der Waals surface area (Å²) in [5.74, 6) is 0. The molecule has 1 aromatic heterocycles. The Labute approximate surface area is 117 Å². The molecule has 6 heteroatoms. The number of hydrogen-bond acceptors (Lipinski definition) is 3. The molecule has 19 heavy (non-hydrogen) atoms. The molecule has 1 saturated heterocycles. The number of piperidine rings is 1. The first-order valence-corrected chi connectivity index (χ1v) is 7.11. The van der Waals surface area contributed by atoms with Crippen LogP contribution in [0, 0.1) is 6.92 Å². The highest BCUT2D eigenvalue weighted by Crippen LogP contribution is 2.12. The molecule has 1 unspecified atom stereocenters. The minimum absolute atomic E-state index is 0.136. The van der Waals surface area contributed by atoms with Gasteiger partial charge in [0.2, 0.25) is 0 Å². The number of aromatic amines is 1. The van der Waals surface area contributed by atoms with Crippen molar-refractivity contribution in [2.45, 2.75) is 45.7 Å². The van der Waals surface area contributed by atoms with Gasteiger partial charge >= 0.3 is 5.69 Å². The number of hydrogen-bond donors (Lipinski definition) is 1. The van der Waals surface area contributed by atoms with Gasteiger partial charge in [-0.05, 0) is 39.8 Å². The highest BCUT2D eigenvalue weighted by atomic mass is 35.5. The molecule has 0 saturated carbocycles. The van der Waals surface area contributed by atoms with E-state index >= 15 is 0 Å². The molecule has 106 valence electrons. The summed E-state index contributed by atoms with van der Waals surface area (Å²) in [6, 6.07) is 0.180. The highest BCUT2D eigenvalue weighted by molar-refractivity contribution is 6.30. The normalized spacial score (nSPS) is 18.5. The zero-order valence-electron chi connectivity index (χ0n) is 11.4. The van der Waals surface area contributed by atoms with Crippen molar-refractivity contribution in [2.75, 3.05) is 13.1 Å². The van der Waals surface area contributed by atoms with Crippen LogP contribution in [0.5, 0.6) is 0 Å². The van der Waals surface area contributed by atoms with Gasteiger partial charge in [0.25, 0.3) is 5.56 Å². The Bertz CT molecular complexity index is 558. The zero-order chi connectivity index (χ0) is 14.0. The fourth-order valence-electron chi connectivity index (χ4n) is 2.55. The third-order valence-electron chi connectivity index (χ3n) is 3.82. The molecule has 5 nitrogen and oxygen atoms in total. The molecule has 1 atom stereocenters. The summed E-state index contributed by atoms with van der Waals surface area (Å²) < 4.78 is 1.25. The molecular weight excluding hydrogens is 266 g/mol. The van der Waals surface area contributed by atoms with Crippen LogP contribution in [0.4, 0.5) is 0 Å². The van der Waals surface area contributed by atoms with E-state index < -0.39 is 5.69 Å². The first kappa shape index (κ1) is 14.3. The summed E-state index contributed by atoms with van der Waals surface area (Å²) in [6.07, 6.45) is 3.65. The number of halogens is 1. The minimum atomic E-state index is -0.426. The van der Waals surface area contributed by atoms with E-state index in [4.69, 9.17) is 11.6 Å². The monoisotopic (exact) mass is 285 g/mol. The third kappa shape index (κ3) is 3.09. The van der Waals surface area contributed by atoms with Gasteiger partial charge in [0.05, 0.1) is 0 Å². The summed E-state index contributed by atoms with van der Waals surface area (Å²) in [4.78, 5) is 28.7. The average Bonchev–Trinajstić information content (AvgIpc) is 2.42. The lowest BCUT2D eigenvalue weighted by Gasteiger charge is -2.32. The molecule has 0 aliphatic carbocycles. The van der Waals surface area contributed by atoms with E-state index in [1.54, 1.807) is 6.92 Å². The average molecular weight is 286 g/mol. The molecular formula is C13H20ClN3O2. The van der Waals surface area contributed by atoms with Gasteiger partial charge in [0.1, 0.15) is 5.15 Å². The standard InChI is InChI=1S/C13H20ClN3O2/c1-9(16-6-4-3-5-7-16)8-17-12(18)10(2)11(14)15-13(17)19/h9H,3-8H2,1-2H3,(H,15,19). The second kappa shape index (κ2) is 5.92. The number of aromatic nitrogens is 2. The van der Waals surface area contributed by atoms with Crippen molar-refractivity contribution in [3.05, 3.63) is 31.6 Å². The van der Waals surface area contributed by atoms with Crippen molar-refractivity contribution < 1.29 is 0 Å². The van der Waals surface area contributed by atoms with Crippen LogP contribution in [-0.2, 0) is 6.54 Å². The number of nitrogens with one attached hydrogen (secondary N) is 1. The summed E-state index contributed by atoms with van der Waals surface area (Å²) in [5.41, 5.74) is -0.325. The summed E-state index contributed by atoms with van der Waals surface area (Å²) in [5, 5.41) is 0.136. The molecule has 2 heterocycles. The number of rotatable bonds is 3. The Morgan fingerprint density at radius 1 is 1.26 bits per heavy atom. The van der Waals surface area contributed by atoms with Crippen LogP contribution in [0.15, 0.2) is 9.59 Å². The lowest BCUT2D eigenvalue weighted by atomic mass is 10.1. The molecule has 0 amide bonds.